The third-order valence-corrected chi connectivity index (χ3v) is 1.21. The van der Waals surface area contributed by atoms with Crippen LogP contribution in [0, 0.1) is 5.21 Å². The molecular formula is C6H6N4O5. The van der Waals surface area contributed by atoms with Crippen LogP contribution in [0.25, 0.3) is 0 Å². The number of hydrogen-bond acceptors (Lipinski definition) is 8. The van der Waals surface area contributed by atoms with Crippen LogP contribution in [0.2, 0.25) is 0 Å². The maximum atomic E-state index is 10.8. The van der Waals surface area contributed by atoms with Gasteiger partial charge in [0.05, 0.1) is 0 Å². The van der Waals surface area contributed by atoms with Gasteiger partial charge in [0, 0.05) is 12.1 Å². The molecule has 0 aromatic carbocycles. The first-order valence-corrected chi connectivity index (χ1v) is 3.63. The van der Waals surface area contributed by atoms with Crippen molar-refractivity contribution in [2.75, 3.05) is 0 Å². The van der Waals surface area contributed by atoms with Crippen molar-refractivity contribution in [3.05, 3.63) is 16.6 Å². The van der Waals surface area contributed by atoms with Gasteiger partial charge in [0.2, 0.25) is 5.69 Å². The Balaban J connectivity index is 2.85. The molecule has 15 heavy (non-hydrogen) atoms. The summed E-state index contributed by atoms with van der Waals surface area (Å²) in [6, 6.07) is 0. The van der Waals surface area contributed by atoms with Crippen molar-refractivity contribution < 1.29 is 24.4 Å². The van der Waals surface area contributed by atoms with Crippen molar-refractivity contribution in [3.8, 4) is 0 Å². The molecule has 0 bridgehead atoms. The average Bonchev–Trinajstić information content (AvgIpc) is 2.50. The van der Waals surface area contributed by atoms with E-state index in [0.29, 0.717) is 0 Å². The lowest BCUT2D eigenvalue weighted by molar-refractivity contribution is -0.803. The fraction of sp³-hybridized carbons (Fsp3) is 0.167. The predicted octanol–water partition coefficient (Wildman–Crippen LogP) is -0.987. The van der Waals surface area contributed by atoms with E-state index in [4.69, 9.17) is 5.21 Å². The number of carbonyl (C=O) groups excluding carboxylic acids is 1. The molecule has 80 valence electrons. The lowest BCUT2D eigenvalue weighted by Gasteiger charge is -1.86. The van der Waals surface area contributed by atoms with Crippen LogP contribution in [-0.2, 0) is 9.63 Å². The lowest BCUT2D eigenvalue weighted by atomic mass is 10.3. The van der Waals surface area contributed by atoms with Gasteiger partial charge in [-0.25, -0.2) is 4.79 Å². The van der Waals surface area contributed by atoms with Gasteiger partial charge in [0.1, 0.15) is 12.4 Å². The molecule has 1 aromatic heterocycles. The molecule has 1 aromatic rings. The molecule has 0 radical (unpaired) electrons. The quantitative estimate of drug-likeness (QED) is 0.226. The van der Waals surface area contributed by atoms with E-state index in [1.165, 1.54) is 0 Å². The highest BCUT2D eigenvalue weighted by atomic mass is 16.8. The molecule has 0 saturated carbocycles. The summed E-state index contributed by atoms with van der Waals surface area (Å²) in [5, 5.41) is 28.2. The van der Waals surface area contributed by atoms with Gasteiger partial charge in [0.15, 0.2) is 0 Å². The van der Waals surface area contributed by atoms with E-state index in [0.717, 1.165) is 19.4 Å². The Bertz CT molecular complexity index is 410. The zero-order chi connectivity index (χ0) is 11.3. The molecule has 0 aliphatic carbocycles. The van der Waals surface area contributed by atoms with Gasteiger partial charge in [-0.3, -0.25) is 4.63 Å². The van der Waals surface area contributed by atoms with Crippen LogP contribution in [0.1, 0.15) is 18.3 Å². The Morgan fingerprint density at radius 1 is 1.73 bits per heavy atom. The van der Waals surface area contributed by atoms with Crippen molar-refractivity contribution >= 4 is 18.4 Å². The summed E-state index contributed by atoms with van der Waals surface area (Å²) < 4.78 is 4.18. The van der Waals surface area contributed by atoms with Crippen molar-refractivity contribution in [3.63, 3.8) is 0 Å². The van der Waals surface area contributed by atoms with E-state index in [2.05, 4.69) is 24.9 Å². The first kappa shape index (κ1) is 10.6. The first-order chi connectivity index (χ1) is 7.15. The Morgan fingerprint density at radius 2 is 2.47 bits per heavy atom. The highest BCUT2D eigenvalue weighted by Crippen LogP contribution is 1.94. The molecule has 9 heteroatoms. The summed E-state index contributed by atoms with van der Waals surface area (Å²) in [4.78, 5) is 14.6. The molecular weight excluding hydrogens is 208 g/mol. The fourth-order valence-electron chi connectivity index (χ4n) is 0.674. The van der Waals surface area contributed by atoms with Crippen molar-refractivity contribution in [2.24, 2.45) is 10.3 Å². The number of oxime groups is 2. The summed E-state index contributed by atoms with van der Waals surface area (Å²) >= 11 is 0. The number of rotatable bonds is 3. The largest absolute Gasteiger partial charge is 0.411 e. The standard InChI is InChI=1S/C6H6N4O5/c1-4(11)14-8-2-5-6(3-7-12)10(13)15-9-5/h2-3,12H,1H3/b7-3-,8-2-. The molecule has 0 atom stereocenters. The molecule has 0 aliphatic heterocycles. The molecule has 0 unspecified atom stereocenters. The SMILES string of the molecule is CC(=O)O/N=C\c1no[n+]([O-])c1/C=N\O. The van der Waals surface area contributed by atoms with Crippen LogP contribution < -0.4 is 4.90 Å². The molecule has 0 saturated heterocycles. The van der Waals surface area contributed by atoms with Gasteiger partial charge in [-0.2, -0.15) is 0 Å². The highest BCUT2D eigenvalue weighted by molar-refractivity contribution is 5.89. The Hall–Kier alpha value is -2.45. The van der Waals surface area contributed by atoms with Gasteiger partial charge < -0.3 is 15.3 Å². The second-order valence-electron chi connectivity index (χ2n) is 2.26. The molecule has 0 fully saturated rings. The van der Waals surface area contributed by atoms with Crippen molar-refractivity contribution in [1.29, 1.82) is 0 Å². The minimum absolute atomic E-state index is 0.00877. The third kappa shape index (κ3) is 2.76. The molecule has 0 aliphatic rings. The normalized spacial score (nSPS) is 11.3. The van der Waals surface area contributed by atoms with Crippen LogP contribution in [0.5, 0.6) is 0 Å². The molecule has 0 spiro atoms. The molecule has 1 heterocycles. The maximum Gasteiger partial charge on any atom is 0.331 e. The summed E-state index contributed by atoms with van der Waals surface area (Å²) in [7, 11) is 0. The third-order valence-electron chi connectivity index (χ3n) is 1.21. The van der Waals surface area contributed by atoms with Gasteiger partial charge >= 0.3 is 5.97 Å². The smallest absolute Gasteiger partial charge is 0.331 e. The van der Waals surface area contributed by atoms with E-state index in [1.807, 2.05) is 0 Å². The summed E-state index contributed by atoms with van der Waals surface area (Å²) in [5.74, 6) is -0.623. The predicted molar refractivity (Wildman–Crippen MR) is 44.2 cm³/mol. The monoisotopic (exact) mass is 214 g/mol. The number of nitrogens with zero attached hydrogens (tertiary/aromatic N) is 4. The number of hydrogen-bond donors (Lipinski definition) is 1. The maximum absolute atomic E-state index is 10.8. The van der Waals surface area contributed by atoms with E-state index in [-0.39, 0.29) is 16.3 Å². The minimum atomic E-state index is -0.623. The Kier molecular flexibility index (Phi) is 3.33. The average molecular weight is 214 g/mol. The summed E-state index contributed by atoms with van der Waals surface area (Å²) in [6.45, 7) is 1.16. The number of carbonyl (C=O) groups is 1. The van der Waals surface area contributed by atoms with Gasteiger partial charge in [-0.1, -0.05) is 10.3 Å². The summed E-state index contributed by atoms with van der Waals surface area (Å²) in [6.07, 6.45) is 1.77. The first-order valence-electron chi connectivity index (χ1n) is 3.63. The molecule has 9 nitrogen and oxygen atoms in total. The summed E-state index contributed by atoms with van der Waals surface area (Å²) in [5.41, 5.74) is -0.211. The van der Waals surface area contributed by atoms with Crippen LogP contribution in [-0.4, -0.2) is 28.8 Å². The molecule has 1 rings (SSSR count). The van der Waals surface area contributed by atoms with Gasteiger partial charge in [-0.05, 0) is 4.90 Å². The van der Waals surface area contributed by atoms with E-state index < -0.39 is 5.97 Å². The van der Waals surface area contributed by atoms with Crippen LogP contribution >= 0.6 is 0 Å². The van der Waals surface area contributed by atoms with Gasteiger partial charge in [-0.15, -0.1) is 0 Å². The minimum Gasteiger partial charge on any atom is -0.411 e. The number of aromatic nitrogens is 2. The Morgan fingerprint density at radius 3 is 3.07 bits per heavy atom. The van der Waals surface area contributed by atoms with E-state index >= 15 is 0 Å². The molecule has 0 amide bonds. The Labute approximate surface area is 82.8 Å². The zero-order valence-electron chi connectivity index (χ0n) is 7.52. The molecule has 1 N–H and O–H groups in total. The second-order valence-corrected chi connectivity index (χ2v) is 2.26. The zero-order valence-corrected chi connectivity index (χ0v) is 7.52. The van der Waals surface area contributed by atoms with Crippen molar-refractivity contribution in [2.45, 2.75) is 6.92 Å². The van der Waals surface area contributed by atoms with E-state index in [9.17, 15) is 10.0 Å². The van der Waals surface area contributed by atoms with Crippen LogP contribution in [0.15, 0.2) is 14.9 Å². The lowest BCUT2D eigenvalue weighted by Crippen LogP contribution is -2.28. The van der Waals surface area contributed by atoms with E-state index in [1.54, 1.807) is 0 Å². The van der Waals surface area contributed by atoms with Crippen LogP contribution in [0.3, 0.4) is 0 Å². The van der Waals surface area contributed by atoms with Gasteiger partial charge in [0.25, 0.3) is 5.69 Å². The second kappa shape index (κ2) is 4.69. The van der Waals surface area contributed by atoms with Crippen molar-refractivity contribution in [1.82, 2.24) is 5.16 Å². The van der Waals surface area contributed by atoms with Crippen LogP contribution in [0.4, 0.5) is 0 Å². The fourth-order valence-corrected chi connectivity index (χ4v) is 0.674. The topological polar surface area (TPSA) is 124 Å². The highest BCUT2D eigenvalue weighted by Gasteiger charge is 2.15.